The highest BCUT2D eigenvalue weighted by molar-refractivity contribution is 5.87. The lowest BCUT2D eigenvalue weighted by Crippen LogP contribution is -2.55. The maximum absolute atomic E-state index is 12.0. The minimum atomic E-state index is -0.583. The third kappa shape index (κ3) is 2.04. The molecule has 0 radical (unpaired) electrons. The molecule has 1 heterocycles. The molecule has 0 aromatic rings. The van der Waals surface area contributed by atoms with E-state index in [0.29, 0.717) is 6.42 Å². The zero-order chi connectivity index (χ0) is 12.5. The number of carbonyl (C=O) groups excluding carboxylic acids is 2. The molecule has 1 aliphatic heterocycles. The SMILES string of the molecule is CCC(=O)N1C(C(N)=O)COC12CCCCC2. The average molecular weight is 240 g/mol. The molecule has 1 spiro atoms. The second kappa shape index (κ2) is 4.64. The van der Waals surface area contributed by atoms with Crippen LogP contribution >= 0.6 is 0 Å². The molecule has 1 saturated carbocycles. The van der Waals surface area contributed by atoms with E-state index in [1.165, 1.54) is 6.42 Å². The third-order valence-corrected chi connectivity index (χ3v) is 3.79. The predicted octanol–water partition coefficient (Wildman–Crippen LogP) is 0.769. The smallest absolute Gasteiger partial charge is 0.242 e. The molecule has 5 nitrogen and oxygen atoms in total. The first-order chi connectivity index (χ1) is 8.10. The molecule has 0 aromatic carbocycles. The molecule has 2 rings (SSSR count). The first-order valence-corrected chi connectivity index (χ1v) is 6.36. The van der Waals surface area contributed by atoms with E-state index < -0.39 is 17.7 Å². The van der Waals surface area contributed by atoms with Gasteiger partial charge in [-0.2, -0.15) is 0 Å². The van der Waals surface area contributed by atoms with E-state index in [9.17, 15) is 9.59 Å². The molecule has 1 aliphatic carbocycles. The Morgan fingerprint density at radius 2 is 2.00 bits per heavy atom. The Labute approximate surface area is 101 Å². The Kier molecular flexibility index (Phi) is 3.38. The first kappa shape index (κ1) is 12.4. The van der Waals surface area contributed by atoms with Crippen LogP contribution < -0.4 is 5.73 Å². The lowest BCUT2D eigenvalue weighted by Gasteiger charge is -2.41. The van der Waals surface area contributed by atoms with Crippen LogP contribution in [0.3, 0.4) is 0 Å². The fraction of sp³-hybridized carbons (Fsp3) is 0.833. The fourth-order valence-corrected chi connectivity index (χ4v) is 2.93. The van der Waals surface area contributed by atoms with Crippen LogP contribution in [0.1, 0.15) is 45.4 Å². The topological polar surface area (TPSA) is 72.6 Å². The summed E-state index contributed by atoms with van der Waals surface area (Å²) >= 11 is 0. The van der Waals surface area contributed by atoms with E-state index in [4.69, 9.17) is 10.5 Å². The molecule has 1 atom stereocenters. The van der Waals surface area contributed by atoms with Gasteiger partial charge in [0, 0.05) is 6.42 Å². The van der Waals surface area contributed by atoms with Crippen molar-refractivity contribution < 1.29 is 14.3 Å². The van der Waals surface area contributed by atoms with Crippen LogP contribution in [0.15, 0.2) is 0 Å². The maximum Gasteiger partial charge on any atom is 0.242 e. The highest BCUT2D eigenvalue weighted by atomic mass is 16.5. The van der Waals surface area contributed by atoms with Gasteiger partial charge < -0.3 is 10.5 Å². The lowest BCUT2D eigenvalue weighted by atomic mass is 9.90. The van der Waals surface area contributed by atoms with E-state index in [0.717, 1.165) is 25.7 Å². The summed E-state index contributed by atoms with van der Waals surface area (Å²) in [6.45, 7) is 2.05. The standard InChI is InChI=1S/C12H20N2O3/c1-2-10(15)14-9(11(13)16)8-17-12(14)6-4-3-5-7-12/h9H,2-8H2,1H3,(H2,13,16). The number of ether oxygens (including phenoxy) is 1. The summed E-state index contributed by atoms with van der Waals surface area (Å²) in [5.41, 5.74) is 4.81. The highest BCUT2D eigenvalue weighted by Gasteiger charge is 2.51. The molecule has 2 fully saturated rings. The van der Waals surface area contributed by atoms with Gasteiger partial charge in [0.05, 0.1) is 6.61 Å². The van der Waals surface area contributed by atoms with Crippen LogP contribution in [0, 0.1) is 0 Å². The van der Waals surface area contributed by atoms with Crippen LogP contribution in [0.4, 0.5) is 0 Å². The first-order valence-electron chi connectivity index (χ1n) is 6.36. The molecule has 17 heavy (non-hydrogen) atoms. The van der Waals surface area contributed by atoms with Crippen molar-refractivity contribution in [2.45, 2.75) is 57.2 Å². The Bertz CT molecular complexity index is 324. The van der Waals surface area contributed by atoms with E-state index in [-0.39, 0.29) is 12.5 Å². The van der Waals surface area contributed by atoms with Gasteiger partial charge in [-0.25, -0.2) is 0 Å². The number of nitrogens with zero attached hydrogens (tertiary/aromatic N) is 1. The molecule has 0 bridgehead atoms. The summed E-state index contributed by atoms with van der Waals surface area (Å²) in [5.74, 6) is -0.498. The van der Waals surface area contributed by atoms with Gasteiger partial charge in [-0.1, -0.05) is 13.3 Å². The molecule has 1 saturated heterocycles. The molecule has 0 aromatic heterocycles. The average Bonchev–Trinajstić information content (AvgIpc) is 2.68. The molecular weight excluding hydrogens is 220 g/mol. The van der Waals surface area contributed by atoms with Crippen molar-refractivity contribution in [3.05, 3.63) is 0 Å². The summed E-state index contributed by atoms with van der Waals surface area (Å²) in [6, 6.07) is -0.583. The molecule has 96 valence electrons. The number of carbonyl (C=O) groups is 2. The van der Waals surface area contributed by atoms with E-state index in [2.05, 4.69) is 0 Å². The zero-order valence-electron chi connectivity index (χ0n) is 10.3. The molecule has 2 N–H and O–H groups in total. The Balaban J connectivity index is 2.26. The summed E-state index contributed by atoms with van der Waals surface area (Å²) in [7, 11) is 0. The van der Waals surface area contributed by atoms with Crippen LogP contribution in [-0.2, 0) is 14.3 Å². The Morgan fingerprint density at radius 3 is 2.53 bits per heavy atom. The summed E-state index contributed by atoms with van der Waals surface area (Å²) < 4.78 is 5.80. The van der Waals surface area contributed by atoms with Crippen LogP contribution in [-0.4, -0.2) is 35.1 Å². The van der Waals surface area contributed by atoms with Crippen molar-refractivity contribution in [1.29, 1.82) is 0 Å². The van der Waals surface area contributed by atoms with Crippen molar-refractivity contribution in [2.75, 3.05) is 6.61 Å². The van der Waals surface area contributed by atoms with Gasteiger partial charge in [0.1, 0.15) is 11.8 Å². The zero-order valence-corrected chi connectivity index (χ0v) is 10.3. The number of primary amides is 1. The van der Waals surface area contributed by atoms with Crippen molar-refractivity contribution in [2.24, 2.45) is 5.73 Å². The van der Waals surface area contributed by atoms with Gasteiger partial charge in [-0.05, 0) is 25.7 Å². The summed E-state index contributed by atoms with van der Waals surface area (Å²) in [6.07, 6.45) is 5.28. The Hall–Kier alpha value is -1.10. The van der Waals surface area contributed by atoms with Crippen LogP contribution in [0.25, 0.3) is 0 Å². The largest absolute Gasteiger partial charge is 0.368 e. The predicted molar refractivity (Wildman–Crippen MR) is 61.9 cm³/mol. The van der Waals surface area contributed by atoms with Gasteiger partial charge in [-0.15, -0.1) is 0 Å². The number of nitrogens with two attached hydrogens (primary N) is 1. The number of rotatable bonds is 2. The molecule has 2 amide bonds. The monoisotopic (exact) mass is 240 g/mol. The highest BCUT2D eigenvalue weighted by Crippen LogP contribution is 2.40. The Morgan fingerprint density at radius 1 is 1.35 bits per heavy atom. The minimum absolute atomic E-state index is 0.0341. The van der Waals surface area contributed by atoms with E-state index in [1.54, 1.807) is 11.8 Å². The summed E-state index contributed by atoms with van der Waals surface area (Å²) in [4.78, 5) is 25.1. The van der Waals surface area contributed by atoms with Gasteiger partial charge in [0.2, 0.25) is 11.8 Å². The number of hydrogen-bond acceptors (Lipinski definition) is 3. The van der Waals surface area contributed by atoms with Crippen LogP contribution in [0.2, 0.25) is 0 Å². The van der Waals surface area contributed by atoms with E-state index >= 15 is 0 Å². The molecule has 2 aliphatic rings. The molecular formula is C12H20N2O3. The quantitative estimate of drug-likeness (QED) is 0.774. The molecule has 1 unspecified atom stereocenters. The number of hydrogen-bond donors (Lipinski definition) is 1. The second-order valence-corrected chi connectivity index (χ2v) is 4.85. The van der Waals surface area contributed by atoms with Crippen molar-refractivity contribution in [1.82, 2.24) is 4.90 Å². The van der Waals surface area contributed by atoms with Gasteiger partial charge in [-0.3, -0.25) is 14.5 Å². The summed E-state index contributed by atoms with van der Waals surface area (Å²) in [5, 5.41) is 0. The van der Waals surface area contributed by atoms with Crippen molar-refractivity contribution in [3.8, 4) is 0 Å². The second-order valence-electron chi connectivity index (χ2n) is 4.85. The lowest BCUT2D eigenvalue weighted by molar-refractivity contribution is -0.159. The van der Waals surface area contributed by atoms with Gasteiger partial charge >= 0.3 is 0 Å². The number of amides is 2. The fourth-order valence-electron chi connectivity index (χ4n) is 2.93. The third-order valence-electron chi connectivity index (χ3n) is 3.79. The van der Waals surface area contributed by atoms with Crippen molar-refractivity contribution in [3.63, 3.8) is 0 Å². The van der Waals surface area contributed by atoms with Crippen LogP contribution in [0.5, 0.6) is 0 Å². The van der Waals surface area contributed by atoms with Crippen molar-refractivity contribution >= 4 is 11.8 Å². The molecule has 5 heteroatoms. The minimum Gasteiger partial charge on any atom is -0.368 e. The van der Waals surface area contributed by atoms with Gasteiger partial charge in [0.15, 0.2) is 0 Å². The van der Waals surface area contributed by atoms with Gasteiger partial charge in [0.25, 0.3) is 0 Å². The maximum atomic E-state index is 12.0. The van der Waals surface area contributed by atoms with E-state index in [1.807, 2.05) is 0 Å². The normalized spacial score (nSPS) is 27.4.